The highest BCUT2D eigenvalue weighted by Crippen LogP contribution is 2.24. The zero-order valence-corrected chi connectivity index (χ0v) is 13.2. The van der Waals surface area contributed by atoms with E-state index in [2.05, 4.69) is 11.9 Å². The van der Waals surface area contributed by atoms with Crippen molar-refractivity contribution in [2.24, 2.45) is 5.92 Å². The van der Waals surface area contributed by atoms with E-state index in [1.807, 2.05) is 4.90 Å². The second-order valence-electron chi connectivity index (χ2n) is 5.96. The first-order chi connectivity index (χ1) is 10.0. The van der Waals surface area contributed by atoms with Crippen LogP contribution in [0.15, 0.2) is 12.1 Å². The van der Waals surface area contributed by atoms with Gasteiger partial charge in [0.1, 0.15) is 0 Å². The fourth-order valence-corrected chi connectivity index (χ4v) is 3.97. The molecule has 1 amide bonds. The Morgan fingerprint density at radius 3 is 2.67 bits per heavy atom. The number of hydrogen-bond donors (Lipinski definition) is 0. The molecule has 0 aromatic carbocycles. The van der Waals surface area contributed by atoms with Gasteiger partial charge in [-0.15, -0.1) is 11.3 Å². The fourth-order valence-electron chi connectivity index (χ4n) is 3.11. The third-order valence-electron chi connectivity index (χ3n) is 4.08. The van der Waals surface area contributed by atoms with Gasteiger partial charge in [-0.3, -0.25) is 9.59 Å². The minimum absolute atomic E-state index is 0.0109. The molecule has 2 bridgehead atoms. The number of hydrogen-bond acceptors (Lipinski definition) is 5. The molecular formula is C15H20N2O3S. The lowest BCUT2D eigenvalue weighted by molar-refractivity contribution is 0.0486. The van der Waals surface area contributed by atoms with Crippen molar-refractivity contribution < 1.29 is 14.3 Å². The van der Waals surface area contributed by atoms with Crippen LogP contribution in [0.5, 0.6) is 0 Å². The smallest absolute Gasteiger partial charge is 0.264 e. The van der Waals surface area contributed by atoms with Crippen molar-refractivity contribution in [3.63, 3.8) is 0 Å². The lowest BCUT2D eigenvalue weighted by Crippen LogP contribution is -2.45. The van der Waals surface area contributed by atoms with E-state index in [-0.39, 0.29) is 17.7 Å². The summed E-state index contributed by atoms with van der Waals surface area (Å²) in [6.07, 6.45) is 0. The summed E-state index contributed by atoms with van der Waals surface area (Å²) in [6, 6.07) is 3.61. The second-order valence-corrected chi connectivity index (χ2v) is 7.04. The predicted octanol–water partition coefficient (Wildman–Crippen LogP) is 1.35. The summed E-state index contributed by atoms with van der Waals surface area (Å²) in [6.45, 7) is 5.38. The van der Waals surface area contributed by atoms with E-state index in [0.717, 1.165) is 19.6 Å². The molecule has 0 N–H and O–H groups in total. The van der Waals surface area contributed by atoms with Crippen molar-refractivity contribution in [2.75, 3.05) is 39.9 Å². The maximum atomic E-state index is 12.8. The molecule has 1 aromatic rings. The van der Waals surface area contributed by atoms with E-state index in [4.69, 9.17) is 4.74 Å². The number of Topliss-reactive ketones (excluding diaryl/α,β-unsaturated/α-hetero) is 1. The summed E-state index contributed by atoms with van der Waals surface area (Å²) in [5.74, 6) is 0.402. The number of thiophene rings is 1. The third-order valence-corrected chi connectivity index (χ3v) is 5.25. The Labute approximate surface area is 128 Å². The summed E-state index contributed by atoms with van der Waals surface area (Å²) in [5.41, 5.74) is 0. The van der Waals surface area contributed by atoms with Crippen LogP contribution in [-0.2, 0) is 4.74 Å². The van der Waals surface area contributed by atoms with Crippen LogP contribution in [0.3, 0.4) is 0 Å². The lowest BCUT2D eigenvalue weighted by atomic mass is 10.1. The van der Waals surface area contributed by atoms with Crippen molar-refractivity contribution in [3.8, 4) is 0 Å². The van der Waals surface area contributed by atoms with Gasteiger partial charge in [-0.25, -0.2) is 0 Å². The number of amides is 1. The van der Waals surface area contributed by atoms with E-state index >= 15 is 0 Å². The van der Waals surface area contributed by atoms with Gasteiger partial charge in [0.2, 0.25) is 0 Å². The van der Waals surface area contributed by atoms with Crippen LogP contribution in [0.4, 0.5) is 0 Å². The van der Waals surface area contributed by atoms with Gasteiger partial charge < -0.3 is 14.5 Å². The summed E-state index contributed by atoms with van der Waals surface area (Å²) in [4.78, 5) is 29.7. The Kier molecular flexibility index (Phi) is 4.10. The maximum Gasteiger partial charge on any atom is 0.264 e. The molecule has 0 spiro atoms. The molecule has 0 aliphatic carbocycles. The Balaban J connectivity index is 1.84. The first-order valence-electron chi connectivity index (χ1n) is 7.22. The van der Waals surface area contributed by atoms with Gasteiger partial charge in [-0.05, 0) is 26.1 Å². The summed E-state index contributed by atoms with van der Waals surface area (Å²) >= 11 is 1.29. The van der Waals surface area contributed by atoms with Crippen molar-refractivity contribution in [1.29, 1.82) is 0 Å². The van der Waals surface area contributed by atoms with Gasteiger partial charge in [-0.2, -0.15) is 0 Å². The fraction of sp³-hybridized carbons (Fsp3) is 0.600. The largest absolute Gasteiger partial charge is 0.379 e. The normalized spacial score (nSPS) is 26.5. The Hall–Kier alpha value is -1.24. The van der Waals surface area contributed by atoms with Crippen LogP contribution in [0.1, 0.15) is 26.3 Å². The molecular weight excluding hydrogens is 288 g/mol. The molecule has 5 nitrogen and oxygen atoms in total. The Morgan fingerprint density at radius 1 is 1.19 bits per heavy atom. The maximum absolute atomic E-state index is 12.8. The molecule has 6 heteroatoms. The predicted molar refractivity (Wildman–Crippen MR) is 81.0 cm³/mol. The zero-order valence-electron chi connectivity index (χ0n) is 12.4. The van der Waals surface area contributed by atoms with Crippen LogP contribution < -0.4 is 0 Å². The number of nitrogens with zero attached hydrogens (tertiary/aromatic N) is 2. The Bertz CT molecular complexity index is 557. The highest BCUT2D eigenvalue weighted by atomic mass is 32.1. The van der Waals surface area contributed by atoms with Gasteiger partial charge in [-0.1, -0.05) is 0 Å². The van der Waals surface area contributed by atoms with Crippen molar-refractivity contribution in [2.45, 2.75) is 13.0 Å². The van der Waals surface area contributed by atoms with Gasteiger partial charge in [0, 0.05) is 25.6 Å². The molecule has 2 saturated heterocycles. The average Bonchev–Trinajstić information content (AvgIpc) is 2.76. The third kappa shape index (κ3) is 3.02. The summed E-state index contributed by atoms with van der Waals surface area (Å²) in [5, 5.41) is 0. The van der Waals surface area contributed by atoms with Gasteiger partial charge in [0.15, 0.2) is 5.78 Å². The lowest BCUT2D eigenvalue weighted by Gasteiger charge is -2.29. The first kappa shape index (κ1) is 14.7. The number of ether oxygens (including phenoxy) is 1. The molecule has 2 atom stereocenters. The molecule has 1 aromatic heterocycles. The molecule has 2 aliphatic rings. The molecule has 114 valence electrons. The average molecular weight is 308 g/mol. The molecule has 0 saturated carbocycles. The van der Waals surface area contributed by atoms with Crippen LogP contribution in [0.2, 0.25) is 0 Å². The van der Waals surface area contributed by atoms with E-state index in [9.17, 15) is 9.59 Å². The van der Waals surface area contributed by atoms with Crippen LogP contribution in [0, 0.1) is 5.92 Å². The molecule has 0 unspecified atom stereocenters. The van der Waals surface area contributed by atoms with Gasteiger partial charge in [0.25, 0.3) is 5.91 Å². The Morgan fingerprint density at radius 2 is 1.95 bits per heavy atom. The van der Waals surface area contributed by atoms with Crippen molar-refractivity contribution >= 4 is 23.0 Å². The minimum atomic E-state index is 0.0109. The second kappa shape index (κ2) is 5.87. The highest BCUT2D eigenvalue weighted by molar-refractivity contribution is 7.15. The van der Waals surface area contributed by atoms with Crippen LogP contribution in [-0.4, -0.2) is 67.4 Å². The van der Waals surface area contributed by atoms with E-state index in [1.54, 1.807) is 12.1 Å². The first-order valence-corrected chi connectivity index (χ1v) is 8.04. The number of likely N-dealkylation sites (N-methyl/N-ethyl adjacent to an activating group) is 1. The summed E-state index contributed by atoms with van der Waals surface area (Å²) in [7, 11) is 2.10. The number of rotatable bonds is 2. The van der Waals surface area contributed by atoms with E-state index < -0.39 is 0 Å². The van der Waals surface area contributed by atoms with Crippen molar-refractivity contribution in [3.05, 3.63) is 21.9 Å². The van der Waals surface area contributed by atoms with Crippen LogP contribution in [0.25, 0.3) is 0 Å². The van der Waals surface area contributed by atoms with E-state index in [1.165, 1.54) is 18.3 Å². The molecule has 2 aliphatic heterocycles. The van der Waals surface area contributed by atoms with Gasteiger partial charge in [0.05, 0.1) is 29.0 Å². The SMILES string of the molecule is CC(=O)c1ccc(C(=O)N2C[C@H]3COC[C@@H]2CN(C)C3)s1. The van der Waals surface area contributed by atoms with Gasteiger partial charge >= 0.3 is 0 Å². The number of carbonyl (C=O) groups is 2. The molecule has 2 fully saturated rings. The van der Waals surface area contributed by atoms with Crippen LogP contribution >= 0.6 is 11.3 Å². The number of fused-ring (bicyclic) bond motifs is 3. The minimum Gasteiger partial charge on any atom is -0.379 e. The van der Waals surface area contributed by atoms with Crippen molar-refractivity contribution in [1.82, 2.24) is 9.80 Å². The number of ketones is 1. The monoisotopic (exact) mass is 308 g/mol. The quantitative estimate of drug-likeness (QED) is 0.774. The molecule has 3 heterocycles. The molecule has 0 radical (unpaired) electrons. The number of carbonyl (C=O) groups excluding carboxylic acids is 2. The standard InChI is InChI=1S/C15H20N2O3S/c1-10(18)13-3-4-14(21-13)15(19)17-6-11-5-16(2)7-12(17)9-20-8-11/h3-4,11-12H,5-9H2,1-2H3/t11-,12-/m0/s1. The van der Waals surface area contributed by atoms with E-state index in [0.29, 0.717) is 28.9 Å². The highest BCUT2D eigenvalue weighted by Gasteiger charge is 2.35. The molecule has 21 heavy (non-hydrogen) atoms. The zero-order chi connectivity index (χ0) is 15.0. The molecule has 3 rings (SSSR count). The summed E-state index contributed by atoms with van der Waals surface area (Å²) < 4.78 is 5.70. The topological polar surface area (TPSA) is 49.9 Å².